The van der Waals surface area contributed by atoms with Gasteiger partial charge in [-0.2, -0.15) is 0 Å². The van der Waals surface area contributed by atoms with E-state index in [1.165, 1.54) is 10.6 Å². The summed E-state index contributed by atoms with van der Waals surface area (Å²) in [6.45, 7) is 4.19. The highest BCUT2D eigenvalue weighted by atomic mass is 79.9. The van der Waals surface area contributed by atoms with Gasteiger partial charge in [0, 0.05) is 29.8 Å². The number of nitrogens with zero attached hydrogens (tertiary/aromatic N) is 3. The third-order valence-corrected chi connectivity index (χ3v) is 4.28. The molecule has 3 rings (SSSR count). The van der Waals surface area contributed by atoms with Crippen molar-refractivity contribution in [1.82, 2.24) is 14.8 Å². The first kappa shape index (κ1) is 18.1. The summed E-state index contributed by atoms with van der Waals surface area (Å²) in [5, 5.41) is 13.9. The monoisotopic (exact) mass is 421 g/mol. The van der Waals surface area contributed by atoms with Gasteiger partial charge in [-0.3, -0.25) is 4.79 Å². The van der Waals surface area contributed by atoms with Crippen LogP contribution < -0.4 is 16.2 Å². The van der Waals surface area contributed by atoms with Crippen LogP contribution in [0.15, 0.2) is 38.1 Å². The molecular weight excluding hydrogens is 405 g/mol. The average Bonchev–Trinajstić information content (AvgIpc) is 3.06. The van der Waals surface area contributed by atoms with Crippen molar-refractivity contribution in [2.75, 3.05) is 17.2 Å². The van der Waals surface area contributed by atoms with Crippen LogP contribution in [0.25, 0.3) is 11.5 Å². The lowest BCUT2D eigenvalue weighted by atomic mass is 10.1. The Morgan fingerprint density at radius 3 is 2.81 bits per heavy atom. The Hall–Kier alpha value is -2.68. The number of aryl methyl sites for hydroxylation is 1. The van der Waals surface area contributed by atoms with Crippen LogP contribution in [-0.2, 0) is 7.05 Å². The first-order valence-corrected chi connectivity index (χ1v) is 8.70. The van der Waals surface area contributed by atoms with Crippen molar-refractivity contribution in [3.63, 3.8) is 0 Å². The lowest BCUT2D eigenvalue weighted by Crippen LogP contribution is -2.21. The highest BCUT2D eigenvalue weighted by molar-refractivity contribution is 9.10. The van der Waals surface area contributed by atoms with E-state index in [2.05, 4.69) is 36.8 Å². The van der Waals surface area contributed by atoms with Crippen molar-refractivity contribution in [1.29, 1.82) is 0 Å². The number of aromatic nitrogens is 3. The molecule has 1 aromatic carbocycles. The van der Waals surface area contributed by atoms with Crippen molar-refractivity contribution in [3.8, 4) is 11.5 Å². The van der Waals surface area contributed by atoms with Gasteiger partial charge < -0.3 is 19.6 Å². The van der Waals surface area contributed by atoms with Crippen LogP contribution >= 0.6 is 15.9 Å². The summed E-state index contributed by atoms with van der Waals surface area (Å²) in [6.07, 6.45) is 1.58. The summed E-state index contributed by atoms with van der Waals surface area (Å²) in [5.41, 5.74) is 1.36. The first-order valence-electron chi connectivity index (χ1n) is 7.90. The van der Waals surface area contributed by atoms with Gasteiger partial charge in [-0.05, 0) is 32.0 Å². The summed E-state index contributed by atoms with van der Waals surface area (Å²) in [6, 6.07) is 4.90. The van der Waals surface area contributed by atoms with E-state index >= 15 is 0 Å². The minimum absolute atomic E-state index is 0.208. The highest BCUT2D eigenvalue weighted by Crippen LogP contribution is 2.32. The van der Waals surface area contributed by atoms with Crippen LogP contribution in [0.5, 0.6) is 0 Å². The summed E-state index contributed by atoms with van der Waals surface area (Å²) in [5.74, 6) is -0.232. The molecule has 0 radical (unpaired) electrons. The van der Waals surface area contributed by atoms with Gasteiger partial charge in [-0.25, -0.2) is 4.39 Å². The van der Waals surface area contributed by atoms with Crippen molar-refractivity contribution in [2.24, 2.45) is 7.05 Å². The predicted molar refractivity (Wildman–Crippen MR) is 101 cm³/mol. The molecule has 0 saturated heterocycles. The third kappa shape index (κ3) is 3.48. The number of halogens is 2. The molecule has 0 bridgehead atoms. The van der Waals surface area contributed by atoms with Crippen LogP contribution in [0.4, 0.5) is 21.8 Å². The van der Waals surface area contributed by atoms with Gasteiger partial charge in [0.2, 0.25) is 0 Å². The Bertz CT molecular complexity index is 1010. The number of anilines is 3. The van der Waals surface area contributed by atoms with Crippen LogP contribution in [0.1, 0.15) is 12.5 Å². The Morgan fingerprint density at radius 2 is 2.12 bits per heavy atom. The minimum atomic E-state index is -0.454. The second-order valence-electron chi connectivity index (χ2n) is 5.65. The molecule has 7 nitrogen and oxygen atoms in total. The van der Waals surface area contributed by atoms with E-state index in [1.807, 2.05) is 6.92 Å². The van der Waals surface area contributed by atoms with Gasteiger partial charge in [0.1, 0.15) is 5.82 Å². The van der Waals surface area contributed by atoms with Crippen molar-refractivity contribution in [3.05, 3.63) is 50.6 Å². The Balaban J connectivity index is 2.13. The molecule has 0 atom stereocenters. The maximum atomic E-state index is 14.2. The molecule has 0 saturated carbocycles. The molecule has 26 heavy (non-hydrogen) atoms. The lowest BCUT2D eigenvalue weighted by Gasteiger charge is -2.15. The average molecular weight is 422 g/mol. The van der Waals surface area contributed by atoms with E-state index in [9.17, 15) is 9.18 Å². The van der Waals surface area contributed by atoms with Crippen LogP contribution in [0, 0.1) is 12.7 Å². The van der Waals surface area contributed by atoms with Crippen molar-refractivity contribution < 1.29 is 8.81 Å². The summed E-state index contributed by atoms with van der Waals surface area (Å²) in [7, 11) is 1.63. The molecule has 136 valence electrons. The fourth-order valence-electron chi connectivity index (χ4n) is 2.49. The van der Waals surface area contributed by atoms with Gasteiger partial charge >= 0.3 is 6.01 Å². The van der Waals surface area contributed by atoms with Gasteiger partial charge in [-0.15, -0.1) is 5.10 Å². The fraction of sp³-hybridized carbons (Fsp3) is 0.235. The van der Waals surface area contributed by atoms with E-state index < -0.39 is 5.82 Å². The van der Waals surface area contributed by atoms with Crippen molar-refractivity contribution >= 4 is 33.3 Å². The molecule has 0 aliphatic heterocycles. The molecule has 9 heteroatoms. The smallest absolute Gasteiger partial charge is 0.315 e. The van der Waals surface area contributed by atoms with Gasteiger partial charge in [0.25, 0.3) is 11.4 Å². The van der Waals surface area contributed by atoms with Crippen molar-refractivity contribution in [2.45, 2.75) is 13.8 Å². The van der Waals surface area contributed by atoms with Gasteiger partial charge in [0.05, 0.1) is 16.9 Å². The maximum absolute atomic E-state index is 14.2. The molecule has 0 aliphatic rings. The molecule has 0 unspecified atom stereocenters. The molecule has 2 aromatic heterocycles. The van der Waals surface area contributed by atoms with Gasteiger partial charge in [0.15, 0.2) is 0 Å². The molecule has 0 amide bonds. The molecule has 3 aromatic rings. The third-order valence-electron chi connectivity index (χ3n) is 3.78. The maximum Gasteiger partial charge on any atom is 0.315 e. The quantitative estimate of drug-likeness (QED) is 0.651. The molecule has 0 spiro atoms. The Morgan fingerprint density at radius 1 is 1.35 bits per heavy atom. The number of pyridine rings is 1. The molecule has 2 N–H and O–H groups in total. The topological polar surface area (TPSA) is 85.0 Å². The number of rotatable bonds is 5. The highest BCUT2D eigenvalue weighted by Gasteiger charge is 2.19. The number of nitrogens with one attached hydrogen (secondary N) is 2. The largest absolute Gasteiger partial charge is 0.403 e. The zero-order valence-electron chi connectivity index (χ0n) is 14.4. The molecule has 0 fully saturated rings. The molecular formula is C17H17BrFN5O2. The molecule has 0 aliphatic carbocycles. The number of hydrogen-bond acceptors (Lipinski definition) is 6. The second kappa shape index (κ2) is 7.28. The van der Waals surface area contributed by atoms with Crippen LogP contribution in [-0.4, -0.2) is 21.3 Å². The van der Waals surface area contributed by atoms with E-state index in [4.69, 9.17) is 4.42 Å². The zero-order chi connectivity index (χ0) is 18.8. The summed E-state index contributed by atoms with van der Waals surface area (Å²) >= 11 is 3.22. The van der Waals surface area contributed by atoms with E-state index in [0.29, 0.717) is 27.8 Å². The second-order valence-corrected chi connectivity index (χ2v) is 6.57. The standard InChI is InChI=1S/C17H17BrFN5O2/c1-4-20-17-23-22-15(26-17)11-8-24(3)16(25)9(2)14(11)21-13-6-5-10(18)7-12(13)19/h5-8,21H,4H2,1-3H3,(H,20,23). The SMILES string of the molecule is CCNc1nnc(-c2cn(C)c(=O)c(C)c2Nc2ccc(Br)cc2F)o1. The van der Waals surface area contributed by atoms with E-state index in [1.54, 1.807) is 32.3 Å². The summed E-state index contributed by atoms with van der Waals surface area (Å²) in [4.78, 5) is 12.4. The zero-order valence-corrected chi connectivity index (χ0v) is 16.0. The van der Waals surface area contributed by atoms with E-state index in [0.717, 1.165) is 0 Å². The predicted octanol–water partition coefficient (Wildman–Crippen LogP) is 3.82. The first-order chi connectivity index (χ1) is 12.4. The Kier molecular flexibility index (Phi) is 5.08. The molecule has 2 heterocycles. The minimum Gasteiger partial charge on any atom is -0.403 e. The number of hydrogen-bond donors (Lipinski definition) is 2. The fourth-order valence-corrected chi connectivity index (χ4v) is 2.83. The number of benzene rings is 1. The Labute approximate surface area is 157 Å². The van der Waals surface area contributed by atoms with Crippen LogP contribution in [0.2, 0.25) is 0 Å². The van der Waals surface area contributed by atoms with Crippen LogP contribution in [0.3, 0.4) is 0 Å². The summed E-state index contributed by atoms with van der Waals surface area (Å²) < 4.78 is 21.9. The normalized spacial score (nSPS) is 10.8. The lowest BCUT2D eigenvalue weighted by molar-refractivity contribution is 0.581. The van der Waals surface area contributed by atoms with Gasteiger partial charge in [-0.1, -0.05) is 21.0 Å². The van der Waals surface area contributed by atoms with E-state index in [-0.39, 0.29) is 23.2 Å².